The SMILES string of the molecule is O=C(Nc1ccc(F)cc1F)C1C[C@H]2CCC[C@@H](C1)C2=O. The van der Waals surface area contributed by atoms with E-state index in [-0.39, 0.29) is 29.3 Å². The molecule has 2 aliphatic carbocycles. The summed E-state index contributed by atoms with van der Waals surface area (Å²) >= 11 is 0. The maximum Gasteiger partial charge on any atom is 0.227 e. The van der Waals surface area contributed by atoms with Crippen LogP contribution in [-0.4, -0.2) is 11.7 Å². The quantitative estimate of drug-likeness (QED) is 0.909. The van der Waals surface area contributed by atoms with Crippen molar-refractivity contribution in [2.45, 2.75) is 32.1 Å². The number of nitrogens with one attached hydrogen (secondary N) is 1. The van der Waals surface area contributed by atoms with E-state index < -0.39 is 11.6 Å². The van der Waals surface area contributed by atoms with Crippen LogP contribution in [0.4, 0.5) is 14.5 Å². The van der Waals surface area contributed by atoms with E-state index in [0.717, 1.165) is 31.4 Å². The Hall–Kier alpha value is -1.78. The zero-order chi connectivity index (χ0) is 15.0. The molecule has 0 aliphatic heterocycles. The number of hydrogen-bond acceptors (Lipinski definition) is 2. The minimum atomic E-state index is -0.782. The maximum atomic E-state index is 13.6. The van der Waals surface area contributed by atoms with E-state index in [4.69, 9.17) is 0 Å². The molecule has 2 aliphatic rings. The number of halogens is 2. The average Bonchev–Trinajstić information content (AvgIpc) is 2.41. The van der Waals surface area contributed by atoms with E-state index in [9.17, 15) is 18.4 Å². The third kappa shape index (κ3) is 2.82. The Labute approximate surface area is 121 Å². The van der Waals surface area contributed by atoms with Crippen molar-refractivity contribution in [2.75, 3.05) is 5.32 Å². The first kappa shape index (κ1) is 14.2. The molecule has 0 aromatic heterocycles. The summed E-state index contributed by atoms with van der Waals surface area (Å²) in [5.74, 6) is -1.75. The van der Waals surface area contributed by atoms with E-state index in [1.54, 1.807) is 0 Å². The Kier molecular flexibility index (Phi) is 3.74. The van der Waals surface area contributed by atoms with Gasteiger partial charge in [0.2, 0.25) is 5.91 Å². The van der Waals surface area contributed by atoms with E-state index >= 15 is 0 Å². The van der Waals surface area contributed by atoms with E-state index in [1.807, 2.05) is 0 Å². The first-order valence-electron chi connectivity index (χ1n) is 7.34. The predicted molar refractivity (Wildman–Crippen MR) is 73.5 cm³/mol. The smallest absolute Gasteiger partial charge is 0.227 e. The van der Waals surface area contributed by atoms with Gasteiger partial charge in [-0.05, 0) is 37.8 Å². The number of Topliss-reactive ketones (excluding diaryl/α,β-unsaturated/α-hetero) is 1. The summed E-state index contributed by atoms with van der Waals surface area (Å²) in [4.78, 5) is 24.3. The van der Waals surface area contributed by atoms with Crippen LogP contribution in [0.15, 0.2) is 18.2 Å². The lowest BCUT2D eigenvalue weighted by molar-refractivity contribution is -0.136. The van der Waals surface area contributed by atoms with E-state index in [0.29, 0.717) is 18.6 Å². The van der Waals surface area contributed by atoms with Crippen molar-refractivity contribution in [3.05, 3.63) is 29.8 Å². The second-order valence-electron chi connectivity index (χ2n) is 6.01. The number of amides is 1. The largest absolute Gasteiger partial charge is 0.323 e. The Balaban J connectivity index is 1.70. The molecule has 1 unspecified atom stereocenters. The summed E-state index contributed by atoms with van der Waals surface area (Å²) < 4.78 is 26.4. The molecule has 112 valence electrons. The average molecular weight is 293 g/mol. The molecule has 1 N–H and O–H groups in total. The summed E-state index contributed by atoms with van der Waals surface area (Å²) in [6, 6.07) is 3.07. The fourth-order valence-corrected chi connectivity index (χ4v) is 3.52. The van der Waals surface area contributed by atoms with Gasteiger partial charge in [-0.15, -0.1) is 0 Å². The molecule has 1 amide bonds. The van der Waals surface area contributed by atoms with Crippen LogP contribution in [0.1, 0.15) is 32.1 Å². The minimum absolute atomic E-state index is 0.0107. The van der Waals surface area contributed by atoms with Gasteiger partial charge in [0.1, 0.15) is 17.4 Å². The van der Waals surface area contributed by atoms with Gasteiger partial charge < -0.3 is 5.32 Å². The first-order chi connectivity index (χ1) is 10.0. The lowest BCUT2D eigenvalue weighted by Gasteiger charge is -2.36. The van der Waals surface area contributed by atoms with Gasteiger partial charge in [0, 0.05) is 23.8 Å². The maximum absolute atomic E-state index is 13.6. The highest BCUT2D eigenvalue weighted by Crippen LogP contribution is 2.40. The summed E-state index contributed by atoms with van der Waals surface area (Å²) in [5.41, 5.74) is -0.0107. The van der Waals surface area contributed by atoms with Crippen molar-refractivity contribution in [3.8, 4) is 0 Å². The molecule has 3 rings (SSSR count). The van der Waals surface area contributed by atoms with Gasteiger partial charge >= 0.3 is 0 Å². The van der Waals surface area contributed by atoms with E-state index in [2.05, 4.69) is 5.32 Å². The molecule has 0 heterocycles. The summed E-state index contributed by atoms with van der Waals surface area (Å²) in [7, 11) is 0. The van der Waals surface area contributed by atoms with Crippen LogP contribution in [0.3, 0.4) is 0 Å². The normalized spacial score (nSPS) is 28.3. The molecule has 0 radical (unpaired) electrons. The Morgan fingerprint density at radius 1 is 1.14 bits per heavy atom. The van der Waals surface area contributed by atoms with Gasteiger partial charge in [-0.2, -0.15) is 0 Å². The lowest BCUT2D eigenvalue weighted by Crippen LogP contribution is -2.40. The molecule has 5 heteroatoms. The second-order valence-corrected chi connectivity index (χ2v) is 6.01. The van der Waals surface area contributed by atoms with Crippen molar-refractivity contribution < 1.29 is 18.4 Å². The third-order valence-corrected chi connectivity index (χ3v) is 4.61. The van der Waals surface area contributed by atoms with Gasteiger partial charge in [-0.25, -0.2) is 8.78 Å². The van der Waals surface area contributed by atoms with Crippen LogP contribution in [0, 0.1) is 29.4 Å². The highest BCUT2D eigenvalue weighted by Gasteiger charge is 2.41. The number of fused-ring (bicyclic) bond motifs is 2. The molecule has 0 saturated heterocycles. The van der Waals surface area contributed by atoms with E-state index in [1.165, 1.54) is 6.07 Å². The summed E-state index contributed by atoms with van der Waals surface area (Å²) in [6.07, 6.45) is 3.84. The molecule has 3 atom stereocenters. The van der Waals surface area contributed by atoms with Gasteiger partial charge in [-0.1, -0.05) is 6.42 Å². The van der Waals surface area contributed by atoms with Crippen LogP contribution in [0.25, 0.3) is 0 Å². The van der Waals surface area contributed by atoms with Crippen LogP contribution in [0.5, 0.6) is 0 Å². The topological polar surface area (TPSA) is 46.2 Å². The molecule has 1 aromatic rings. The van der Waals surface area contributed by atoms with Gasteiger partial charge in [0.15, 0.2) is 0 Å². The highest BCUT2D eigenvalue weighted by molar-refractivity contribution is 5.95. The monoisotopic (exact) mass is 293 g/mol. The van der Waals surface area contributed by atoms with Gasteiger partial charge in [0.25, 0.3) is 0 Å². The van der Waals surface area contributed by atoms with Gasteiger partial charge in [-0.3, -0.25) is 9.59 Å². The zero-order valence-electron chi connectivity index (χ0n) is 11.6. The van der Waals surface area contributed by atoms with Crippen molar-refractivity contribution >= 4 is 17.4 Å². The highest BCUT2D eigenvalue weighted by atomic mass is 19.1. The summed E-state index contributed by atoms with van der Waals surface area (Å²) in [5, 5.41) is 2.52. The number of benzene rings is 1. The van der Waals surface area contributed by atoms with Crippen LogP contribution in [-0.2, 0) is 9.59 Å². The van der Waals surface area contributed by atoms with Crippen molar-refractivity contribution in [1.29, 1.82) is 0 Å². The number of rotatable bonds is 2. The Morgan fingerprint density at radius 2 is 1.81 bits per heavy atom. The molecule has 3 nitrogen and oxygen atoms in total. The van der Waals surface area contributed by atoms with Crippen LogP contribution < -0.4 is 5.32 Å². The predicted octanol–water partition coefficient (Wildman–Crippen LogP) is 3.30. The first-order valence-corrected chi connectivity index (χ1v) is 7.34. The van der Waals surface area contributed by atoms with Crippen molar-refractivity contribution in [1.82, 2.24) is 0 Å². The number of hydrogen-bond donors (Lipinski definition) is 1. The van der Waals surface area contributed by atoms with Crippen molar-refractivity contribution in [3.63, 3.8) is 0 Å². The molecule has 0 spiro atoms. The molecular weight excluding hydrogens is 276 g/mol. The third-order valence-electron chi connectivity index (χ3n) is 4.61. The van der Waals surface area contributed by atoms with Crippen molar-refractivity contribution in [2.24, 2.45) is 17.8 Å². The number of carbonyl (C=O) groups excluding carboxylic acids is 2. The number of carbonyl (C=O) groups is 2. The molecule has 2 fully saturated rings. The standard InChI is InChI=1S/C16H17F2NO2/c17-12-4-5-14(13(18)8-12)19-16(21)11-6-9-2-1-3-10(7-11)15(9)20/h4-5,8-11H,1-3,6-7H2,(H,19,21)/t9-,10+,11?. The molecule has 21 heavy (non-hydrogen) atoms. The second kappa shape index (κ2) is 5.54. The molecule has 2 saturated carbocycles. The zero-order valence-corrected chi connectivity index (χ0v) is 11.6. The summed E-state index contributed by atoms with van der Waals surface area (Å²) in [6.45, 7) is 0. The molecule has 1 aromatic carbocycles. The number of anilines is 1. The fraction of sp³-hybridized carbons (Fsp3) is 0.500. The van der Waals surface area contributed by atoms with Crippen LogP contribution in [0.2, 0.25) is 0 Å². The van der Waals surface area contributed by atoms with Crippen LogP contribution >= 0.6 is 0 Å². The lowest BCUT2D eigenvalue weighted by atomic mass is 9.67. The fourth-order valence-electron chi connectivity index (χ4n) is 3.52. The Morgan fingerprint density at radius 3 is 2.43 bits per heavy atom. The minimum Gasteiger partial charge on any atom is -0.323 e. The number of ketones is 1. The van der Waals surface area contributed by atoms with Gasteiger partial charge in [0.05, 0.1) is 5.69 Å². The molecule has 2 bridgehead atoms. The Bertz CT molecular complexity index is 572. The molecular formula is C16H17F2NO2.